The molecule has 0 bridgehead atoms. The van der Waals surface area contributed by atoms with Gasteiger partial charge in [-0.3, -0.25) is 14.2 Å². The molecule has 0 aliphatic rings. The zero-order chi connectivity index (χ0) is 20.5. The van der Waals surface area contributed by atoms with Crippen molar-refractivity contribution >= 4 is 22.5 Å². The molecule has 5 rings (SSSR count). The van der Waals surface area contributed by atoms with E-state index in [1.54, 1.807) is 12.4 Å². The first-order valence-electron chi connectivity index (χ1n) is 9.61. The van der Waals surface area contributed by atoms with Gasteiger partial charge in [0.2, 0.25) is 0 Å². The molecule has 1 amide bonds. The van der Waals surface area contributed by atoms with Crippen LogP contribution in [0.25, 0.3) is 27.8 Å². The van der Waals surface area contributed by atoms with Crippen molar-refractivity contribution in [2.45, 2.75) is 13.0 Å². The summed E-state index contributed by atoms with van der Waals surface area (Å²) in [6.07, 6.45) is 5.31. The molecule has 0 aliphatic heterocycles. The maximum Gasteiger partial charge on any atom is 0.252 e. The molecule has 0 fully saturated rings. The number of benzene rings is 1. The van der Waals surface area contributed by atoms with E-state index < -0.39 is 0 Å². The van der Waals surface area contributed by atoms with E-state index in [-0.39, 0.29) is 11.9 Å². The van der Waals surface area contributed by atoms with E-state index >= 15 is 0 Å². The van der Waals surface area contributed by atoms with E-state index in [1.165, 1.54) is 0 Å². The average molecular weight is 394 g/mol. The van der Waals surface area contributed by atoms with Crippen LogP contribution < -0.4 is 5.32 Å². The Labute approximate surface area is 172 Å². The first kappa shape index (κ1) is 17.9. The quantitative estimate of drug-likeness (QED) is 0.501. The number of nitrogens with one attached hydrogen (secondary N) is 1. The number of rotatable bonds is 4. The highest BCUT2D eigenvalue weighted by Gasteiger charge is 2.19. The van der Waals surface area contributed by atoms with Gasteiger partial charge in [-0.05, 0) is 43.3 Å². The van der Waals surface area contributed by atoms with Crippen LogP contribution in [0.3, 0.4) is 0 Å². The average Bonchev–Trinajstić information content (AvgIpc) is 3.23. The molecule has 4 heterocycles. The van der Waals surface area contributed by atoms with Crippen molar-refractivity contribution < 1.29 is 4.79 Å². The Balaban J connectivity index is 1.54. The molecule has 4 aromatic heterocycles. The molecule has 146 valence electrons. The molecule has 0 radical (unpaired) electrons. The van der Waals surface area contributed by atoms with E-state index in [9.17, 15) is 4.79 Å². The van der Waals surface area contributed by atoms with Crippen molar-refractivity contribution in [2.24, 2.45) is 0 Å². The number of hydrogen-bond acceptors (Lipinski definition) is 5. The largest absolute Gasteiger partial charge is 0.342 e. The molecular weight excluding hydrogens is 376 g/mol. The van der Waals surface area contributed by atoms with Gasteiger partial charge in [-0.15, -0.1) is 10.2 Å². The number of pyridine rings is 3. The Kier molecular flexibility index (Phi) is 4.40. The zero-order valence-corrected chi connectivity index (χ0v) is 16.2. The van der Waals surface area contributed by atoms with E-state index in [0.717, 1.165) is 27.8 Å². The van der Waals surface area contributed by atoms with Crippen molar-refractivity contribution in [3.8, 4) is 11.3 Å². The van der Waals surface area contributed by atoms with Gasteiger partial charge in [-0.2, -0.15) is 0 Å². The highest BCUT2D eigenvalue weighted by molar-refractivity contribution is 6.07. The lowest BCUT2D eigenvalue weighted by molar-refractivity contribution is 0.0939. The summed E-state index contributed by atoms with van der Waals surface area (Å²) < 4.78 is 1.87. The lowest BCUT2D eigenvalue weighted by Gasteiger charge is -2.14. The minimum Gasteiger partial charge on any atom is -0.342 e. The molecule has 7 nitrogen and oxygen atoms in total. The van der Waals surface area contributed by atoms with Crippen LogP contribution >= 0.6 is 0 Å². The monoisotopic (exact) mass is 394 g/mol. The van der Waals surface area contributed by atoms with Crippen LogP contribution in [0.15, 0.2) is 79.3 Å². The number of amides is 1. The molecule has 30 heavy (non-hydrogen) atoms. The minimum absolute atomic E-state index is 0.191. The Bertz CT molecular complexity index is 1360. The highest BCUT2D eigenvalue weighted by Crippen LogP contribution is 2.25. The lowest BCUT2D eigenvalue weighted by atomic mass is 10.0. The van der Waals surface area contributed by atoms with Crippen molar-refractivity contribution in [3.63, 3.8) is 0 Å². The number of nitrogens with zero attached hydrogens (tertiary/aromatic N) is 5. The summed E-state index contributed by atoms with van der Waals surface area (Å²) in [4.78, 5) is 22.1. The van der Waals surface area contributed by atoms with E-state index in [4.69, 9.17) is 4.98 Å². The fourth-order valence-electron chi connectivity index (χ4n) is 3.53. The topological polar surface area (TPSA) is 85.1 Å². The van der Waals surface area contributed by atoms with E-state index in [0.29, 0.717) is 11.4 Å². The van der Waals surface area contributed by atoms with E-state index in [1.807, 2.05) is 78.2 Å². The van der Waals surface area contributed by atoms with Crippen molar-refractivity contribution in [3.05, 3.63) is 90.6 Å². The summed E-state index contributed by atoms with van der Waals surface area (Å²) in [5.41, 5.74) is 3.69. The Morgan fingerprint density at radius 2 is 1.80 bits per heavy atom. The molecule has 1 atom stereocenters. The summed E-state index contributed by atoms with van der Waals surface area (Å²) >= 11 is 0. The second-order valence-electron chi connectivity index (χ2n) is 6.99. The number of para-hydroxylation sites is 1. The summed E-state index contributed by atoms with van der Waals surface area (Å²) in [6, 6.07) is 18.6. The molecule has 0 saturated carbocycles. The molecule has 7 heteroatoms. The second-order valence-corrected chi connectivity index (χ2v) is 6.99. The second kappa shape index (κ2) is 7.36. The van der Waals surface area contributed by atoms with Gasteiger partial charge in [-0.25, -0.2) is 4.98 Å². The lowest BCUT2D eigenvalue weighted by Crippen LogP contribution is -2.28. The van der Waals surface area contributed by atoms with Crippen LogP contribution in [-0.4, -0.2) is 30.5 Å². The van der Waals surface area contributed by atoms with Crippen molar-refractivity contribution in [2.75, 3.05) is 0 Å². The highest BCUT2D eigenvalue weighted by atomic mass is 16.1. The zero-order valence-electron chi connectivity index (χ0n) is 16.2. The fourth-order valence-corrected chi connectivity index (χ4v) is 3.53. The van der Waals surface area contributed by atoms with Gasteiger partial charge >= 0.3 is 0 Å². The Morgan fingerprint density at radius 1 is 1.00 bits per heavy atom. The van der Waals surface area contributed by atoms with Gasteiger partial charge in [0.05, 0.1) is 22.8 Å². The number of fused-ring (bicyclic) bond motifs is 2. The number of carbonyl (C=O) groups is 1. The Morgan fingerprint density at radius 3 is 2.67 bits per heavy atom. The van der Waals surface area contributed by atoms with Gasteiger partial charge in [-0.1, -0.05) is 24.3 Å². The molecule has 1 N–H and O–H groups in total. The molecule has 0 aliphatic carbocycles. The Hall–Kier alpha value is -4.13. The van der Waals surface area contributed by atoms with Gasteiger partial charge < -0.3 is 5.32 Å². The van der Waals surface area contributed by atoms with Gasteiger partial charge in [0.15, 0.2) is 11.5 Å². The molecule has 0 saturated heterocycles. The predicted molar refractivity (Wildman–Crippen MR) is 114 cm³/mol. The third kappa shape index (κ3) is 3.16. The van der Waals surface area contributed by atoms with Gasteiger partial charge in [0.1, 0.15) is 0 Å². The number of carbonyl (C=O) groups excluding carboxylic acids is 1. The fraction of sp³-hybridized carbons (Fsp3) is 0.0870. The molecular formula is C23H18N6O. The normalized spacial score (nSPS) is 12.2. The molecule has 0 spiro atoms. The third-order valence-electron chi connectivity index (χ3n) is 5.01. The standard InChI is InChI=1S/C23H18N6O/c1-15(22-28-27-21-8-4-5-13-29(21)22)25-23(30)18-14-20(16-9-11-24-12-10-16)26-19-7-3-2-6-17(18)19/h2-15H,1H3,(H,25,30). The van der Waals surface area contributed by atoms with Crippen LogP contribution in [0.2, 0.25) is 0 Å². The van der Waals surface area contributed by atoms with Gasteiger partial charge in [0.25, 0.3) is 5.91 Å². The number of aromatic nitrogens is 5. The summed E-state index contributed by atoms with van der Waals surface area (Å²) in [5, 5.41) is 12.3. The first-order chi connectivity index (χ1) is 14.7. The van der Waals surface area contributed by atoms with Crippen LogP contribution in [0.1, 0.15) is 29.1 Å². The predicted octanol–water partition coefficient (Wildman–Crippen LogP) is 3.83. The van der Waals surface area contributed by atoms with E-state index in [2.05, 4.69) is 20.5 Å². The molecule has 1 unspecified atom stereocenters. The summed E-state index contributed by atoms with van der Waals surface area (Å²) in [5.74, 6) is 0.482. The van der Waals surface area contributed by atoms with Crippen molar-refractivity contribution in [1.82, 2.24) is 29.9 Å². The number of hydrogen-bond donors (Lipinski definition) is 1. The maximum atomic E-state index is 13.3. The van der Waals surface area contributed by atoms with Crippen LogP contribution in [0.4, 0.5) is 0 Å². The van der Waals surface area contributed by atoms with Crippen LogP contribution in [0, 0.1) is 0 Å². The SMILES string of the molecule is CC(NC(=O)c1cc(-c2ccncc2)nc2ccccc12)c1nnc2ccccn12. The summed E-state index contributed by atoms with van der Waals surface area (Å²) in [6.45, 7) is 1.90. The molecule has 5 aromatic rings. The third-order valence-corrected chi connectivity index (χ3v) is 5.01. The first-order valence-corrected chi connectivity index (χ1v) is 9.61. The minimum atomic E-state index is -0.328. The van der Waals surface area contributed by atoms with Gasteiger partial charge in [0, 0.05) is 29.5 Å². The maximum absolute atomic E-state index is 13.3. The summed E-state index contributed by atoms with van der Waals surface area (Å²) in [7, 11) is 0. The molecule has 1 aromatic carbocycles. The van der Waals surface area contributed by atoms with Crippen molar-refractivity contribution in [1.29, 1.82) is 0 Å². The van der Waals surface area contributed by atoms with Crippen LogP contribution in [-0.2, 0) is 0 Å². The smallest absolute Gasteiger partial charge is 0.252 e. The van der Waals surface area contributed by atoms with Crippen LogP contribution in [0.5, 0.6) is 0 Å².